The van der Waals surface area contributed by atoms with E-state index in [1.54, 1.807) is 13.1 Å². The lowest BCUT2D eigenvalue weighted by Crippen LogP contribution is -2.36. The molecule has 0 saturated heterocycles. The summed E-state index contributed by atoms with van der Waals surface area (Å²) in [5, 5.41) is 17.1. The average Bonchev–Trinajstić information content (AvgIpc) is 3.10. The van der Waals surface area contributed by atoms with Crippen LogP contribution in [-0.4, -0.2) is 24.7 Å². The van der Waals surface area contributed by atoms with Gasteiger partial charge in [-0.05, 0) is 23.3 Å². The molecule has 0 aromatic heterocycles. The summed E-state index contributed by atoms with van der Waals surface area (Å²) >= 11 is 0. The molecule has 0 aliphatic carbocycles. The quantitative estimate of drug-likeness (QED) is 0.229. The van der Waals surface area contributed by atoms with Crippen LogP contribution in [0.2, 0.25) is 0 Å². The number of aliphatic imine (C=N–C) groups is 1. The number of nitro groups is 1. The molecular weight excluding hydrogens is 451 g/mol. The molecule has 0 atom stereocenters. The Hall–Kier alpha value is -2.56. The Morgan fingerprint density at radius 1 is 1.12 bits per heavy atom. The molecule has 0 bridgehead atoms. The number of halogens is 1. The highest BCUT2D eigenvalue weighted by atomic mass is 127. The Balaban J connectivity index is 0.00000243. The number of benzene rings is 2. The van der Waals surface area contributed by atoms with E-state index in [1.165, 1.54) is 12.1 Å². The minimum absolute atomic E-state index is 0. The topological polar surface area (TPSA) is 98.0 Å². The maximum absolute atomic E-state index is 10.8. The van der Waals surface area contributed by atoms with E-state index in [1.807, 2.05) is 24.3 Å². The molecule has 9 heteroatoms. The molecule has 0 spiro atoms. The Bertz CT molecular complexity index is 813. The Morgan fingerprint density at radius 2 is 1.81 bits per heavy atom. The van der Waals surface area contributed by atoms with Crippen LogP contribution in [-0.2, 0) is 13.1 Å². The van der Waals surface area contributed by atoms with Crippen LogP contribution in [0, 0.1) is 10.1 Å². The predicted molar refractivity (Wildman–Crippen MR) is 108 cm³/mol. The maximum Gasteiger partial charge on any atom is 0.269 e. The summed E-state index contributed by atoms with van der Waals surface area (Å²) in [5.41, 5.74) is 1.91. The number of nitro benzene ring substituents is 1. The number of guanidine groups is 1. The van der Waals surface area contributed by atoms with Crippen molar-refractivity contribution in [3.8, 4) is 11.5 Å². The maximum atomic E-state index is 10.8. The van der Waals surface area contributed by atoms with Crippen LogP contribution in [0.4, 0.5) is 5.69 Å². The molecule has 8 nitrogen and oxygen atoms in total. The van der Waals surface area contributed by atoms with Crippen molar-refractivity contribution in [2.24, 2.45) is 4.99 Å². The Kier molecular flexibility index (Phi) is 7.01. The van der Waals surface area contributed by atoms with E-state index in [2.05, 4.69) is 15.6 Å². The summed E-state index contributed by atoms with van der Waals surface area (Å²) in [6, 6.07) is 12.2. The first-order valence-electron chi connectivity index (χ1n) is 7.72. The zero-order valence-electron chi connectivity index (χ0n) is 14.1. The van der Waals surface area contributed by atoms with Gasteiger partial charge in [0.1, 0.15) is 0 Å². The van der Waals surface area contributed by atoms with Crippen molar-refractivity contribution in [1.82, 2.24) is 10.6 Å². The van der Waals surface area contributed by atoms with Gasteiger partial charge in [0.25, 0.3) is 5.69 Å². The van der Waals surface area contributed by atoms with Crippen LogP contribution in [0.15, 0.2) is 47.5 Å². The van der Waals surface area contributed by atoms with Gasteiger partial charge in [-0.3, -0.25) is 15.1 Å². The highest BCUT2D eigenvalue weighted by Crippen LogP contribution is 2.32. The van der Waals surface area contributed by atoms with Gasteiger partial charge in [0.05, 0.1) is 4.92 Å². The summed E-state index contributed by atoms with van der Waals surface area (Å²) in [5.74, 6) is 2.08. The Morgan fingerprint density at radius 3 is 2.50 bits per heavy atom. The van der Waals surface area contributed by atoms with Gasteiger partial charge in [-0.25, -0.2) is 0 Å². The normalized spacial score (nSPS) is 12.3. The third kappa shape index (κ3) is 4.97. The van der Waals surface area contributed by atoms with Crippen LogP contribution in [0.25, 0.3) is 0 Å². The first-order valence-corrected chi connectivity index (χ1v) is 7.72. The number of nitrogens with one attached hydrogen (secondary N) is 2. The lowest BCUT2D eigenvalue weighted by atomic mass is 10.2. The SMILES string of the molecule is CN=C(NCc1cccc([N+](=O)[O-])c1)NCc1ccc2c(c1)OCO2.I. The van der Waals surface area contributed by atoms with Gasteiger partial charge in [0, 0.05) is 32.3 Å². The summed E-state index contributed by atoms with van der Waals surface area (Å²) in [6.45, 7) is 1.24. The van der Waals surface area contributed by atoms with Gasteiger partial charge < -0.3 is 20.1 Å². The molecule has 0 radical (unpaired) electrons. The van der Waals surface area contributed by atoms with Crippen LogP contribution >= 0.6 is 24.0 Å². The number of ether oxygens (including phenoxy) is 2. The minimum atomic E-state index is -0.407. The van der Waals surface area contributed by atoms with Crippen molar-refractivity contribution in [2.45, 2.75) is 13.1 Å². The van der Waals surface area contributed by atoms with Gasteiger partial charge in [-0.15, -0.1) is 24.0 Å². The molecule has 0 fully saturated rings. The second-order valence-corrected chi connectivity index (χ2v) is 5.39. The van der Waals surface area contributed by atoms with Crippen molar-refractivity contribution in [3.05, 3.63) is 63.7 Å². The number of fused-ring (bicyclic) bond motifs is 1. The van der Waals surface area contributed by atoms with Crippen molar-refractivity contribution < 1.29 is 14.4 Å². The Labute approximate surface area is 167 Å². The molecule has 1 heterocycles. The molecule has 2 N–H and O–H groups in total. The van der Waals surface area contributed by atoms with E-state index in [0.29, 0.717) is 19.0 Å². The van der Waals surface area contributed by atoms with Crippen LogP contribution in [0.1, 0.15) is 11.1 Å². The van der Waals surface area contributed by atoms with Crippen LogP contribution in [0.3, 0.4) is 0 Å². The number of nitrogens with zero attached hydrogens (tertiary/aromatic N) is 2. The van der Waals surface area contributed by atoms with E-state index < -0.39 is 4.92 Å². The fourth-order valence-electron chi connectivity index (χ4n) is 2.42. The zero-order valence-corrected chi connectivity index (χ0v) is 16.4. The highest BCUT2D eigenvalue weighted by Gasteiger charge is 2.13. The molecular formula is C17H19IN4O4. The first-order chi connectivity index (χ1) is 12.2. The van der Waals surface area contributed by atoms with E-state index in [9.17, 15) is 10.1 Å². The van der Waals surface area contributed by atoms with Gasteiger partial charge in [0.2, 0.25) is 6.79 Å². The van der Waals surface area contributed by atoms with E-state index in [0.717, 1.165) is 22.6 Å². The molecule has 138 valence electrons. The van der Waals surface area contributed by atoms with E-state index >= 15 is 0 Å². The molecule has 1 aliphatic rings. The summed E-state index contributed by atoms with van der Waals surface area (Å²) in [7, 11) is 1.67. The fraction of sp³-hybridized carbons (Fsp3) is 0.235. The molecule has 2 aromatic carbocycles. The van der Waals surface area contributed by atoms with E-state index in [4.69, 9.17) is 9.47 Å². The number of hydrogen-bond donors (Lipinski definition) is 2. The number of rotatable bonds is 5. The van der Waals surface area contributed by atoms with Crippen LogP contribution in [0.5, 0.6) is 11.5 Å². The molecule has 0 saturated carbocycles. The van der Waals surface area contributed by atoms with Gasteiger partial charge in [-0.1, -0.05) is 18.2 Å². The zero-order chi connectivity index (χ0) is 17.6. The second kappa shape index (κ2) is 9.22. The average molecular weight is 470 g/mol. The van der Waals surface area contributed by atoms with Gasteiger partial charge in [-0.2, -0.15) is 0 Å². The lowest BCUT2D eigenvalue weighted by molar-refractivity contribution is -0.384. The predicted octanol–water partition coefficient (Wildman–Crippen LogP) is 2.81. The molecule has 26 heavy (non-hydrogen) atoms. The fourth-order valence-corrected chi connectivity index (χ4v) is 2.42. The monoisotopic (exact) mass is 470 g/mol. The highest BCUT2D eigenvalue weighted by molar-refractivity contribution is 14.0. The van der Waals surface area contributed by atoms with Crippen molar-refractivity contribution in [2.75, 3.05) is 13.8 Å². The molecule has 1 aliphatic heterocycles. The van der Waals surface area contributed by atoms with Crippen molar-refractivity contribution in [1.29, 1.82) is 0 Å². The van der Waals surface area contributed by atoms with Crippen molar-refractivity contribution >= 4 is 35.6 Å². The third-order valence-electron chi connectivity index (χ3n) is 3.70. The molecule has 3 rings (SSSR count). The molecule has 0 unspecified atom stereocenters. The van der Waals surface area contributed by atoms with Gasteiger partial charge in [0.15, 0.2) is 17.5 Å². The first kappa shape index (κ1) is 19.8. The number of hydrogen-bond acceptors (Lipinski definition) is 5. The molecule has 0 amide bonds. The smallest absolute Gasteiger partial charge is 0.269 e. The van der Waals surface area contributed by atoms with Crippen molar-refractivity contribution in [3.63, 3.8) is 0 Å². The molecule has 2 aromatic rings. The summed E-state index contributed by atoms with van der Waals surface area (Å²) < 4.78 is 10.6. The standard InChI is InChI=1S/C17H18N4O4.HI/c1-18-17(19-9-12-3-2-4-14(7-12)21(22)23)20-10-13-5-6-15-16(8-13)25-11-24-15;/h2-8H,9-11H2,1H3,(H2,18,19,20);1H. The largest absolute Gasteiger partial charge is 0.454 e. The second-order valence-electron chi connectivity index (χ2n) is 5.39. The van der Waals surface area contributed by atoms with Gasteiger partial charge >= 0.3 is 0 Å². The third-order valence-corrected chi connectivity index (χ3v) is 3.70. The lowest BCUT2D eigenvalue weighted by Gasteiger charge is -2.12. The van der Waals surface area contributed by atoms with Crippen LogP contribution < -0.4 is 20.1 Å². The van der Waals surface area contributed by atoms with E-state index in [-0.39, 0.29) is 36.5 Å². The summed E-state index contributed by atoms with van der Waals surface area (Å²) in [6.07, 6.45) is 0. The minimum Gasteiger partial charge on any atom is -0.454 e. The summed E-state index contributed by atoms with van der Waals surface area (Å²) in [4.78, 5) is 14.6. The number of non-ortho nitro benzene ring substituents is 1.